The molecule has 0 bridgehead atoms. The van der Waals surface area contributed by atoms with Gasteiger partial charge in [-0.1, -0.05) is 12.1 Å². The van der Waals surface area contributed by atoms with Crippen molar-refractivity contribution in [2.24, 2.45) is 0 Å². The van der Waals surface area contributed by atoms with E-state index in [-0.39, 0.29) is 18.0 Å². The first-order valence-corrected chi connectivity index (χ1v) is 4.82. The lowest BCUT2D eigenvalue weighted by Crippen LogP contribution is -2.08. The van der Waals surface area contributed by atoms with Gasteiger partial charge in [0.25, 0.3) is 0 Å². The van der Waals surface area contributed by atoms with Gasteiger partial charge in [-0.15, -0.1) is 0 Å². The molecular weight excluding hydrogens is 227 g/mol. The molecule has 88 valence electrons. The number of carbonyl (C=O) groups is 1. The molecule has 1 aromatic heterocycles. The predicted molar refractivity (Wildman–Crippen MR) is 56.3 cm³/mol. The molecule has 0 aliphatic rings. The van der Waals surface area contributed by atoms with Gasteiger partial charge < -0.3 is 9.84 Å². The Labute approximate surface area is 96.1 Å². The number of carboxylic acids is 1. The quantitative estimate of drug-likeness (QED) is 0.880. The van der Waals surface area contributed by atoms with Crippen LogP contribution in [0, 0.1) is 5.82 Å². The number of aromatic nitrogens is 2. The van der Waals surface area contributed by atoms with Crippen molar-refractivity contribution in [2.45, 2.75) is 6.54 Å². The zero-order valence-electron chi connectivity index (χ0n) is 8.71. The Balaban J connectivity index is 2.12. The fraction of sp³-hybridized carbons (Fsp3) is 0.0909. The summed E-state index contributed by atoms with van der Waals surface area (Å²) in [4.78, 5) is 10.4. The van der Waals surface area contributed by atoms with Crippen LogP contribution in [0.5, 0.6) is 11.5 Å². The smallest absolute Gasteiger partial charge is 0.325 e. The number of rotatable bonds is 4. The number of benzene rings is 1. The minimum absolute atomic E-state index is 0.0716. The van der Waals surface area contributed by atoms with Gasteiger partial charge in [0, 0.05) is 0 Å². The number of ether oxygens (including phenoxy) is 1. The molecule has 0 radical (unpaired) electrons. The van der Waals surface area contributed by atoms with Crippen LogP contribution >= 0.6 is 0 Å². The zero-order valence-corrected chi connectivity index (χ0v) is 8.71. The fourth-order valence-electron chi connectivity index (χ4n) is 1.28. The van der Waals surface area contributed by atoms with Crippen molar-refractivity contribution in [3.63, 3.8) is 0 Å². The van der Waals surface area contributed by atoms with Gasteiger partial charge in [-0.05, 0) is 12.1 Å². The lowest BCUT2D eigenvalue weighted by atomic mass is 10.3. The molecule has 0 aliphatic carbocycles. The number of aliphatic carboxylic acids is 1. The number of hydrogen-bond donors (Lipinski definition) is 1. The molecule has 2 rings (SSSR count). The third-order valence-corrected chi connectivity index (χ3v) is 1.97. The molecule has 1 aromatic carbocycles. The zero-order chi connectivity index (χ0) is 12.3. The van der Waals surface area contributed by atoms with Gasteiger partial charge in [-0.2, -0.15) is 5.10 Å². The van der Waals surface area contributed by atoms with E-state index in [9.17, 15) is 9.18 Å². The minimum atomic E-state index is -1.01. The fourth-order valence-corrected chi connectivity index (χ4v) is 1.28. The van der Waals surface area contributed by atoms with Crippen LogP contribution in [0.4, 0.5) is 4.39 Å². The Morgan fingerprint density at radius 1 is 1.47 bits per heavy atom. The van der Waals surface area contributed by atoms with Crippen molar-refractivity contribution < 1.29 is 19.0 Å². The van der Waals surface area contributed by atoms with Gasteiger partial charge in [0.05, 0.1) is 12.4 Å². The molecule has 0 saturated carbocycles. The second-order valence-corrected chi connectivity index (χ2v) is 3.30. The van der Waals surface area contributed by atoms with Gasteiger partial charge in [-0.3, -0.25) is 9.48 Å². The maximum atomic E-state index is 13.2. The van der Waals surface area contributed by atoms with Crippen LogP contribution in [-0.4, -0.2) is 20.9 Å². The van der Waals surface area contributed by atoms with Crippen molar-refractivity contribution in [3.05, 3.63) is 42.5 Å². The molecule has 5 nitrogen and oxygen atoms in total. The van der Waals surface area contributed by atoms with E-state index >= 15 is 0 Å². The van der Waals surface area contributed by atoms with Crippen LogP contribution in [0.1, 0.15) is 0 Å². The van der Waals surface area contributed by atoms with E-state index in [4.69, 9.17) is 9.84 Å². The lowest BCUT2D eigenvalue weighted by molar-refractivity contribution is -0.137. The van der Waals surface area contributed by atoms with E-state index < -0.39 is 11.8 Å². The molecule has 0 atom stereocenters. The summed E-state index contributed by atoms with van der Waals surface area (Å²) in [6, 6.07) is 5.94. The van der Waals surface area contributed by atoms with E-state index in [1.807, 2.05) is 0 Å². The molecule has 17 heavy (non-hydrogen) atoms. The maximum absolute atomic E-state index is 13.2. The number of para-hydroxylation sites is 1. The molecule has 0 aliphatic heterocycles. The average Bonchev–Trinajstić information content (AvgIpc) is 2.68. The van der Waals surface area contributed by atoms with Crippen molar-refractivity contribution in [1.82, 2.24) is 9.78 Å². The van der Waals surface area contributed by atoms with Crippen LogP contribution in [-0.2, 0) is 11.3 Å². The first kappa shape index (κ1) is 11.1. The Morgan fingerprint density at radius 2 is 2.24 bits per heavy atom. The van der Waals surface area contributed by atoms with Gasteiger partial charge in [-0.25, -0.2) is 4.39 Å². The van der Waals surface area contributed by atoms with Crippen LogP contribution in [0.15, 0.2) is 36.7 Å². The standard InChI is InChI=1S/C11H9FN2O3/c12-9-3-1-2-4-10(9)17-8-5-13-14(6-8)7-11(15)16/h1-6H,7H2,(H,15,16). The first-order chi connectivity index (χ1) is 8.15. The topological polar surface area (TPSA) is 64.3 Å². The van der Waals surface area contributed by atoms with Gasteiger partial charge in [0.2, 0.25) is 0 Å². The van der Waals surface area contributed by atoms with Gasteiger partial charge in [0.1, 0.15) is 6.54 Å². The van der Waals surface area contributed by atoms with E-state index in [0.717, 1.165) is 0 Å². The molecule has 0 fully saturated rings. The highest BCUT2D eigenvalue weighted by Gasteiger charge is 2.06. The molecule has 0 saturated heterocycles. The molecule has 1 heterocycles. The number of hydrogen-bond acceptors (Lipinski definition) is 3. The SMILES string of the molecule is O=C(O)Cn1cc(Oc2ccccc2F)cn1. The molecule has 6 heteroatoms. The number of halogens is 1. The Hall–Kier alpha value is -2.37. The van der Waals surface area contributed by atoms with Gasteiger partial charge in [0.15, 0.2) is 17.3 Å². The predicted octanol–water partition coefficient (Wildman–Crippen LogP) is 1.90. The normalized spacial score (nSPS) is 10.2. The van der Waals surface area contributed by atoms with E-state index in [1.54, 1.807) is 12.1 Å². The first-order valence-electron chi connectivity index (χ1n) is 4.82. The second kappa shape index (κ2) is 4.65. The summed E-state index contributed by atoms with van der Waals surface area (Å²) in [6.07, 6.45) is 2.72. The Morgan fingerprint density at radius 3 is 2.94 bits per heavy atom. The van der Waals surface area contributed by atoms with Crippen LogP contribution in [0.3, 0.4) is 0 Å². The summed E-state index contributed by atoms with van der Waals surface area (Å²) in [7, 11) is 0. The Kier molecular flexibility index (Phi) is 3.04. The molecule has 0 amide bonds. The highest BCUT2D eigenvalue weighted by atomic mass is 19.1. The van der Waals surface area contributed by atoms with Crippen molar-refractivity contribution in [2.75, 3.05) is 0 Å². The van der Waals surface area contributed by atoms with E-state index in [0.29, 0.717) is 0 Å². The minimum Gasteiger partial charge on any atom is -0.480 e. The van der Waals surface area contributed by atoms with Crippen molar-refractivity contribution >= 4 is 5.97 Å². The maximum Gasteiger partial charge on any atom is 0.325 e. The highest BCUT2D eigenvalue weighted by Crippen LogP contribution is 2.23. The highest BCUT2D eigenvalue weighted by molar-refractivity contribution is 5.66. The summed E-state index contributed by atoms with van der Waals surface area (Å²) < 4.78 is 19.7. The third-order valence-electron chi connectivity index (χ3n) is 1.97. The summed E-state index contributed by atoms with van der Waals surface area (Å²) in [5.74, 6) is -1.14. The van der Waals surface area contributed by atoms with Crippen molar-refractivity contribution in [1.29, 1.82) is 0 Å². The van der Waals surface area contributed by atoms with Crippen LogP contribution < -0.4 is 4.74 Å². The summed E-state index contributed by atoms with van der Waals surface area (Å²) >= 11 is 0. The lowest BCUT2D eigenvalue weighted by Gasteiger charge is -2.02. The molecule has 0 unspecified atom stereocenters. The molecule has 2 aromatic rings. The molecule has 0 spiro atoms. The third kappa shape index (κ3) is 2.81. The largest absolute Gasteiger partial charge is 0.480 e. The molecule has 1 N–H and O–H groups in total. The summed E-state index contributed by atoms with van der Waals surface area (Å²) in [5, 5.41) is 12.3. The summed E-state index contributed by atoms with van der Waals surface area (Å²) in [6.45, 7) is -0.263. The van der Waals surface area contributed by atoms with Gasteiger partial charge >= 0.3 is 5.97 Å². The Bertz CT molecular complexity index is 539. The number of nitrogens with zero attached hydrogens (tertiary/aromatic N) is 2. The summed E-state index contributed by atoms with van der Waals surface area (Å²) in [5.41, 5.74) is 0. The van der Waals surface area contributed by atoms with Crippen LogP contribution in [0.25, 0.3) is 0 Å². The van der Waals surface area contributed by atoms with Crippen LogP contribution in [0.2, 0.25) is 0 Å². The van der Waals surface area contributed by atoms with E-state index in [1.165, 1.54) is 29.2 Å². The second-order valence-electron chi connectivity index (χ2n) is 3.30. The van der Waals surface area contributed by atoms with Crippen molar-refractivity contribution in [3.8, 4) is 11.5 Å². The average molecular weight is 236 g/mol. The number of carboxylic acid groups (broad SMARTS) is 1. The monoisotopic (exact) mass is 236 g/mol. The molecular formula is C11H9FN2O3. The van der Waals surface area contributed by atoms with E-state index in [2.05, 4.69) is 5.10 Å².